The molecule has 3 aromatic rings. The van der Waals surface area contributed by atoms with Gasteiger partial charge in [0.05, 0.1) is 16.1 Å². The predicted octanol–water partition coefficient (Wildman–Crippen LogP) is 4.37. The third-order valence-corrected chi connectivity index (χ3v) is 6.03. The van der Waals surface area contributed by atoms with E-state index < -0.39 is 17.8 Å². The van der Waals surface area contributed by atoms with Crippen LogP contribution in [0, 0.1) is 6.92 Å². The van der Waals surface area contributed by atoms with Crippen molar-refractivity contribution in [1.29, 1.82) is 0 Å². The van der Waals surface area contributed by atoms with Crippen LogP contribution in [-0.4, -0.2) is 35.3 Å². The number of aromatic nitrogens is 1. The van der Waals surface area contributed by atoms with Gasteiger partial charge in [0.2, 0.25) is 0 Å². The van der Waals surface area contributed by atoms with Gasteiger partial charge < -0.3 is 15.2 Å². The lowest BCUT2D eigenvalue weighted by Gasteiger charge is -2.14. The van der Waals surface area contributed by atoms with Crippen LogP contribution < -0.4 is 10.1 Å². The van der Waals surface area contributed by atoms with Gasteiger partial charge in [-0.05, 0) is 36.6 Å². The Labute approximate surface area is 172 Å². The number of rotatable bonds is 7. The van der Waals surface area contributed by atoms with Gasteiger partial charge in [-0.25, -0.2) is 4.98 Å². The second-order valence-corrected chi connectivity index (χ2v) is 8.06. The Morgan fingerprint density at radius 3 is 2.79 bits per heavy atom. The quantitative estimate of drug-likeness (QED) is 0.570. The van der Waals surface area contributed by atoms with E-state index in [0.717, 1.165) is 22.0 Å². The molecule has 5 nitrogen and oxygen atoms in total. The summed E-state index contributed by atoms with van der Waals surface area (Å²) in [6, 6.07) is 8.21. The number of hydrogen-bond acceptors (Lipinski definition) is 6. The molecule has 0 bridgehead atoms. The average molecular weight is 442 g/mol. The van der Waals surface area contributed by atoms with E-state index >= 15 is 0 Å². The van der Waals surface area contributed by atoms with Crippen LogP contribution >= 0.6 is 22.7 Å². The van der Waals surface area contributed by atoms with E-state index in [0.29, 0.717) is 10.6 Å². The third kappa shape index (κ3) is 5.55. The normalized spacial score (nSPS) is 12.6. The maximum Gasteiger partial charge on any atom is 0.416 e. The van der Waals surface area contributed by atoms with Crippen molar-refractivity contribution >= 4 is 28.6 Å². The maximum absolute atomic E-state index is 12.7. The highest BCUT2D eigenvalue weighted by Crippen LogP contribution is 2.32. The summed E-state index contributed by atoms with van der Waals surface area (Å²) in [5, 5.41) is 15.3. The van der Waals surface area contributed by atoms with Gasteiger partial charge in [-0.2, -0.15) is 13.2 Å². The van der Waals surface area contributed by atoms with E-state index in [1.54, 1.807) is 6.92 Å². The van der Waals surface area contributed by atoms with E-state index in [9.17, 15) is 23.1 Å². The molecule has 2 N–H and O–H groups in total. The number of aryl methyl sites for hydroxylation is 1. The number of nitrogens with one attached hydrogen (secondary N) is 1. The van der Waals surface area contributed by atoms with Crippen LogP contribution in [0.2, 0.25) is 0 Å². The van der Waals surface area contributed by atoms with Crippen LogP contribution in [0.4, 0.5) is 13.2 Å². The van der Waals surface area contributed by atoms with Crippen molar-refractivity contribution in [2.75, 3.05) is 13.2 Å². The van der Waals surface area contributed by atoms with Crippen LogP contribution in [0.3, 0.4) is 0 Å². The first-order valence-electron chi connectivity index (χ1n) is 8.51. The molecule has 154 valence electrons. The number of aliphatic hydroxyl groups is 1. The molecule has 0 spiro atoms. The van der Waals surface area contributed by atoms with Crippen molar-refractivity contribution < 1.29 is 27.8 Å². The minimum Gasteiger partial charge on any atom is -0.491 e. The van der Waals surface area contributed by atoms with Crippen LogP contribution in [0.25, 0.3) is 9.88 Å². The minimum absolute atomic E-state index is 0.0101. The Kier molecular flexibility index (Phi) is 6.56. The van der Waals surface area contributed by atoms with Crippen molar-refractivity contribution in [3.05, 3.63) is 57.9 Å². The number of ether oxygens (including phenoxy) is 1. The Hall–Kier alpha value is -2.43. The first-order valence-corrected chi connectivity index (χ1v) is 10.2. The lowest BCUT2D eigenvalue weighted by Crippen LogP contribution is -2.35. The zero-order valence-electron chi connectivity index (χ0n) is 15.2. The first kappa shape index (κ1) is 21.3. The SMILES string of the molecule is Cc1nc(-c2cccs2)sc1C(=O)NCC(O)COc1cccc(C(F)(F)F)c1. The lowest BCUT2D eigenvalue weighted by atomic mass is 10.2. The first-order chi connectivity index (χ1) is 13.7. The zero-order chi connectivity index (χ0) is 21.0. The van der Waals surface area contributed by atoms with Crippen molar-refractivity contribution in [3.63, 3.8) is 0 Å². The highest BCUT2D eigenvalue weighted by Gasteiger charge is 2.30. The van der Waals surface area contributed by atoms with E-state index in [-0.39, 0.29) is 24.8 Å². The number of carbonyl (C=O) groups is 1. The molecule has 0 saturated heterocycles. The van der Waals surface area contributed by atoms with Crippen LogP contribution in [0.5, 0.6) is 5.75 Å². The Bertz CT molecular complexity index is 971. The van der Waals surface area contributed by atoms with E-state index in [1.165, 1.54) is 34.8 Å². The van der Waals surface area contributed by atoms with Crippen LogP contribution in [-0.2, 0) is 6.18 Å². The molecule has 1 unspecified atom stereocenters. The number of nitrogens with zero attached hydrogens (tertiary/aromatic N) is 1. The standard InChI is InChI=1S/C19H17F3N2O3S2/c1-11-16(29-18(24-11)15-6-3-7-28-15)17(26)23-9-13(25)10-27-14-5-2-4-12(8-14)19(20,21)22/h2-8,13,25H,9-10H2,1H3,(H,23,26). The molecule has 0 fully saturated rings. The Balaban J connectivity index is 1.52. The lowest BCUT2D eigenvalue weighted by molar-refractivity contribution is -0.137. The molecule has 1 amide bonds. The summed E-state index contributed by atoms with van der Waals surface area (Å²) < 4.78 is 43.3. The van der Waals surface area contributed by atoms with Gasteiger partial charge in [-0.3, -0.25) is 4.79 Å². The molecule has 0 aliphatic rings. The maximum atomic E-state index is 12.7. The number of amides is 1. The highest BCUT2D eigenvalue weighted by molar-refractivity contribution is 7.22. The van der Waals surface area contributed by atoms with Gasteiger partial charge in [0.25, 0.3) is 5.91 Å². The van der Waals surface area contributed by atoms with Gasteiger partial charge in [0.15, 0.2) is 0 Å². The zero-order valence-corrected chi connectivity index (χ0v) is 16.8. The molecule has 29 heavy (non-hydrogen) atoms. The largest absolute Gasteiger partial charge is 0.491 e. The summed E-state index contributed by atoms with van der Waals surface area (Å²) in [5.74, 6) is -0.384. The second kappa shape index (κ2) is 8.93. The molecule has 10 heteroatoms. The fourth-order valence-electron chi connectivity index (χ4n) is 2.42. The molecule has 0 radical (unpaired) electrons. The highest BCUT2D eigenvalue weighted by atomic mass is 32.1. The van der Waals surface area contributed by atoms with Crippen molar-refractivity contribution in [2.24, 2.45) is 0 Å². The fraction of sp³-hybridized carbons (Fsp3) is 0.263. The van der Waals surface area contributed by atoms with Gasteiger partial charge in [-0.1, -0.05) is 12.1 Å². The molecule has 3 rings (SSSR count). The number of benzene rings is 1. The number of carbonyl (C=O) groups excluding carboxylic acids is 1. The van der Waals surface area contributed by atoms with E-state index in [4.69, 9.17) is 4.74 Å². The molecule has 1 atom stereocenters. The second-order valence-electron chi connectivity index (χ2n) is 6.11. The summed E-state index contributed by atoms with van der Waals surface area (Å²) in [5.41, 5.74) is -0.245. The Morgan fingerprint density at radius 1 is 1.31 bits per heavy atom. The molecular formula is C19H17F3N2O3S2. The van der Waals surface area contributed by atoms with E-state index in [2.05, 4.69) is 10.3 Å². The van der Waals surface area contributed by atoms with E-state index in [1.807, 2.05) is 17.5 Å². The summed E-state index contributed by atoms with van der Waals surface area (Å²) in [6.45, 7) is 1.36. The van der Waals surface area contributed by atoms with Gasteiger partial charge in [0.1, 0.15) is 28.3 Å². The van der Waals surface area contributed by atoms with Gasteiger partial charge >= 0.3 is 6.18 Å². The predicted molar refractivity (Wildman–Crippen MR) is 105 cm³/mol. The Morgan fingerprint density at radius 2 is 2.10 bits per heavy atom. The number of thiazole rings is 1. The average Bonchev–Trinajstić information content (AvgIpc) is 3.33. The molecule has 2 aromatic heterocycles. The fourth-order valence-corrected chi connectivity index (χ4v) is 4.20. The number of aliphatic hydroxyl groups excluding tert-OH is 1. The van der Waals surface area contributed by atoms with Crippen molar-refractivity contribution in [1.82, 2.24) is 10.3 Å². The number of halogens is 3. The number of hydrogen-bond donors (Lipinski definition) is 2. The monoisotopic (exact) mass is 442 g/mol. The third-order valence-electron chi connectivity index (χ3n) is 3.84. The topological polar surface area (TPSA) is 71.5 Å². The summed E-state index contributed by atoms with van der Waals surface area (Å²) >= 11 is 2.78. The minimum atomic E-state index is -4.47. The molecule has 2 heterocycles. The van der Waals surface area contributed by atoms with Crippen LogP contribution in [0.15, 0.2) is 41.8 Å². The van der Waals surface area contributed by atoms with Crippen molar-refractivity contribution in [2.45, 2.75) is 19.2 Å². The number of alkyl halides is 3. The smallest absolute Gasteiger partial charge is 0.416 e. The van der Waals surface area contributed by atoms with Gasteiger partial charge in [-0.15, -0.1) is 22.7 Å². The number of thiophene rings is 1. The molecule has 0 saturated carbocycles. The van der Waals surface area contributed by atoms with Gasteiger partial charge in [0, 0.05) is 6.54 Å². The molecule has 1 aromatic carbocycles. The molecule has 0 aliphatic heterocycles. The summed E-state index contributed by atoms with van der Waals surface area (Å²) in [7, 11) is 0. The molecular weight excluding hydrogens is 425 g/mol. The summed E-state index contributed by atoms with van der Waals surface area (Å²) in [6.07, 6.45) is -5.56. The van der Waals surface area contributed by atoms with Crippen molar-refractivity contribution in [3.8, 4) is 15.6 Å². The van der Waals surface area contributed by atoms with Crippen LogP contribution in [0.1, 0.15) is 20.9 Å². The molecule has 0 aliphatic carbocycles. The summed E-state index contributed by atoms with van der Waals surface area (Å²) in [4.78, 5) is 18.2.